The molecule has 0 saturated heterocycles. The van der Waals surface area contributed by atoms with Gasteiger partial charge in [0.1, 0.15) is 11.5 Å². The van der Waals surface area contributed by atoms with Crippen molar-refractivity contribution in [2.24, 2.45) is 0 Å². The van der Waals surface area contributed by atoms with Gasteiger partial charge in [-0.05, 0) is 30.5 Å². The Morgan fingerprint density at radius 3 is 2.56 bits per heavy atom. The van der Waals surface area contributed by atoms with Crippen LogP contribution in [0.25, 0.3) is 0 Å². The number of Topliss-reactive ketones (excluding diaryl/α,β-unsaturated/α-hetero) is 1. The fourth-order valence-corrected chi connectivity index (χ4v) is 2.43. The molecule has 1 saturated carbocycles. The molecule has 98 valence electrons. The van der Waals surface area contributed by atoms with E-state index < -0.39 is 6.36 Å². The first-order valence-electron chi connectivity index (χ1n) is 5.45. The monoisotopic (exact) mass is 278 g/mol. The number of carbonyl (C=O) groups is 1. The fraction of sp³-hybridized carbons (Fsp3) is 0.417. The Morgan fingerprint density at radius 2 is 2.06 bits per heavy atom. The van der Waals surface area contributed by atoms with E-state index in [1.165, 1.54) is 12.1 Å². The highest BCUT2D eigenvalue weighted by atomic mass is 35.5. The maximum Gasteiger partial charge on any atom is 0.573 e. The minimum absolute atomic E-state index is 0.0846. The van der Waals surface area contributed by atoms with Crippen LogP contribution < -0.4 is 4.74 Å². The Labute approximate surface area is 107 Å². The molecule has 0 bridgehead atoms. The van der Waals surface area contributed by atoms with Crippen LogP contribution in [0.3, 0.4) is 0 Å². The van der Waals surface area contributed by atoms with E-state index in [2.05, 4.69) is 4.74 Å². The Hall–Kier alpha value is -1.23. The molecule has 1 fully saturated rings. The molecular formula is C12H10ClF3O2. The van der Waals surface area contributed by atoms with Crippen molar-refractivity contribution in [3.8, 4) is 5.75 Å². The fourth-order valence-electron chi connectivity index (χ4n) is 2.13. The lowest BCUT2D eigenvalue weighted by Gasteiger charge is -2.13. The Balaban J connectivity index is 2.22. The SMILES string of the molecule is O=C1CCCC1c1ccc(OC(F)(F)F)cc1Cl. The van der Waals surface area contributed by atoms with Crippen LogP contribution in [-0.2, 0) is 4.79 Å². The highest BCUT2D eigenvalue weighted by Crippen LogP contribution is 2.37. The molecule has 0 amide bonds. The first kappa shape index (κ1) is 13.2. The van der Waals surface area contributed by atoms with E-state index in [0.29, 0.717) is 18.4 Å². The number of hydrogen-bond acceptors (Lipinski definition) is 2. The number of halogens is 4. The van der Waals surface area contributed by atoms with Crippen LogP contribution in [0, 0.1) is 0 Å². The lowest BCUT2D eigenvalue weighted by Crippen LogP contribution is -2.17. The summed E-state index contributed by atoms with van der Waals surface area (Å²) in [7, 11) is 0. The average molecular weight is 279 g/mol. The van der Waals surface area contributed by atoms with Gasteiger partial charge in [-0.1, -0.05) is 17.7 Å². The number of benzene rings is 1. The summed E-state index contributed by atoms with van der Waals surface area (Å²) in [6.45, 7) is 0. The first-order chi connectivity index (χ1) is 8.37. The zero-order valence-corrected chi connectivity index (χ0v) is 10.0. The highest BCUT2D eigenvalue weighted by molar-refractivity contribution is 6.31. The Bertz CT molecular complexity index is 471. The second-order valence-electron chi connectivity index (χ2n) is 4.14. The third-order valence-corrected chi connectivity index (χ3v) is 3.21. The van der Waals surface area contributed by atoms with Crippen molar-refractivity contribution in [2.45, 2.75) is 31.5 Å². The topological polar surface area (TPSA) is 26.3 Å². The summed E-state index contributed by atoms with van der Waals surface area (Å²) in [5, 5.41) is 0.136. The Kier molecular flexibility index (Phi) is 3.52. The molecule has 1 aliphatic carbocycles. The number of rotatable bonds is 2. The minimum Gasteiger partial charge on any atom is -0.406 e. The van der Waals surface area contributed by atoms with Crippen molar-refractivity contribution in [1.82, 2.24) is 0 Å². The molecule has 0 N–H and O–H groups in total. The van der Waals surface area contributed by atoms with Gasteiger partial charge in [0.2, 0.25) is 0 Å². The average Bonchev–Trinajstić information content (AvgIpc) is 2.62. The van der Waals surface area contributed by atoms with E-state index in [1.807, 2.05) is 0 Å². The van der Waals surface area contributed by atoms with Crippen molar-refractivity contribution in [3.63, 3.8) is 0 Å². The normalized spacial score (nSPS) is 20.2. The molecular weight excluding hydrogens is 269 g/mol. The molecule has 1 aromatic rings. The van der Waals surface area contributed by atoms with Crippen LogP contribution in [0.15, 0.2) is 18.2 Å². The van der Waals surface area contributed by atoms with Crippen LogP contribution in [0.1, 0.15) is 30.7 Å². The van der Waals surface area contributed by atoms with Gasteiger partial charge in [-0.15, -0.1) is 13.2 Å². The van der Waals surface area contributed by atoms with Gasteiger partial charge in [0.05, 0.1) is 0 Å². The molecule has 6 heteroatoms. The number of ether oxygens (including phenoxy) is 1. The lowest BCUT2D eigenvalue weighted by atomic mass is 9.97. The van der Waals surface area contributed by atoms with Gasteiger partial charge < -0.3 is 4.74 Å². The lowest BCUT2D eigenvalue weighted by molar-refractivity contribution is -0.274. The zero-order chi connectivity index (χ0) is 13.3. The second-order valence-corrected chi connectivity index (χ2v) is 4.55. The van der Waals surface area contributed by atoms with Gasteiger partial charge in [0, 0.05) is 17.4 Å². The van der Waals surface area contributed by atoms with Crippen molar-refractivity contribution < 1.29 is 22.7 Å². The van der Waals surface area contributed by atoms with Crippen LogP contribution in [0.5, 0.6) is 5.75 Å². The second kappa shape index (κ2) is 4.80. The third kappa shape index (κ3) is 2.96. The van der Waals surface area contributed by atoms with E-state index in [1.54, 1.807) is 0 Å². The van der Waals surface area contributed by atoms with Crippen LogP contribution in [0.4, 0.5) is 13.2 Å². The molecule has 1 aromatic carbocycles. The van der Waals surface area contributed by atoms with Gasteiger partial charge in [-0.25, -0.2) is 0 Å². The number of alkyl halides is 3. The summed E-state index contributed by atoms with van der Waals surface area (Å²) in [4.78, 5) is 11.6. The van der Waals surface area contributed by atoms with E-state index in [4.69, 9.17) is 11.6 Å². The predicted molar refractivity (Wildman–Crippen MR) is 59.7 cm³/mol. The summed E-state index contributed by atoms with van der Waals surface area (Å²) in [6.07, 6.45) is -2.76. The molecule has 2 rings (SSSR count). The third-order valence-electron chi connectivity index (χ3n) is 2.89. The van der Waals surface area contributed by atoms with Crippen LogP contribution in [-0.4, -0.2) is 12.1 Å². The molecule has 0 radical (unpaired) electrons. The van der Waals surface area contributed by atoms with E-state index in [-0.39, 0.29) is 22.5 Å². The van der Waals surface area contributed by atoms with Gasteiger partial charge in [-0.3, -0.25) is 4.79 Å². The maximum atomic E-state index is 12.0. The highest BCUT2D eigenvalue weighted by Gasteiger charge is 2.32. The summed E-state index contributed by atoms with van der Waals surface area (Å²) in [5.41, 5.74) is 0.577. The molecule has 1 unspecified atom stereocenters. The van der Waals surface area contributed by atoms with Crippen LogP contribution >= 0.6 is 11.6 Å². The van der Waals surface area contributed by atoms with Gasteiger partial charge >= 0.3 is 6.36 Å². The summed E-state index contributed by atoms with van der Waals surface area (Å²) in [5.74, 6) is -0.583. The first-order valence-corrected chi connectivity index (χ1v) is 5.82. The predicted octanol–water partition coefficient (Wildman–Crippen LogP) is 4.08. The smallest absolute Gasteiger partial charge is 0.406 e. The van der Waals surface area contributed by atoms with E-state index in [0.717, 1.165) is 12.5 Å². The standard InChI is InChI=1S/C12H10ClF3O2/c13-10-6-7(18-12(14,15)16)4-5-8(10)9-2-1-3-11(9)17/h4-6,9H,1-3H2. The molecule has 2 nitrogen and oxygen atoms in total. The van der Waals surface area contributed by atoms with Gasteiger partial charge in [-0.2, -0.15) is 0 Å². The molecule has 1 atom stereocenters. The summed E-state index contributed by atoms with van der Waals surface area (Å²) < 4.78 is 39.8. The van der Waals surface area contributed by atoms with Crippen molar-refractivity contribution >= 4 is 17.4 Å². The largest absolute Gasteiger partial charge is 0.573 e. The van der Waals surface area contributed by atoms with Crippen molar-refractivity contribution in [3.05, 3.63) is 28.8 Å². The maximum absolute atomic E-state index is 12.0. The van der Waals surface area contributed by atoms with Gasteiger partial charge in [0.25, 0.3) is 0 Å². The van der Waals surface area contributed by atoms with E-state index >= 15 is 0 Å². The summed E-state index contributed by atoms with van der Waals surface area (Å²) in [6, 6.07) is 3.70. The molecule has 1 aliphatic rings. The number of carbonyl (C=O) groups excluding carboxylic acids is 1. The molecule has 0 heterocycles. The number of hydrogen-bond donors (Lipinski definition) is 0. The summed E-state index contributed by atoms with van der Waals surface area (Å²) >= 11 is 5.90. The number of ketones is 1. The van der Waals surface area contributed by atoms with Gasteiger partial charge in [0.15, 0.2) is 0 Å². The quantitative estimate of drug-likeness (QED) is 0.815. The van der Waals surface area contributed by atoms with Crippen molar-refractivity contribution in [1.29, 1.82) is 0 Å². The molecule has 0 spiro atoms. The zero-order valence-electron chi connectivity index (χ0n) is 9.26. The molecule has 18 heavy (non-hydrogen) atoms. The Morgan fingerprint density at radius 1 is 1.33 bits per heavy atom. The van der Waals surface area contributed by atoms with E-state index in [9.17, 15) is 18.0 Å². The molecule has 0 aliphatic heterocycles. The van der Waals surface area contributed by atoms with Crippen molar-refractivity contribution in [2.75, 3.05) is 0 Å². The minimum atomic E-state index is -4.74. The van der Waals surface area contributed by atoms with Crippen LogP contribution in [0.2, 0.25) is 5.02 Å². The molecule has 0 aromatic heterocycles.